The van der Waals surface area contributed by atoms with Crippen LogP contribution in [0.15, 0.2) is 78.9 Å². The van der Waals surface area contributed by atoms with Crippen LogP contribution in [-0.4, -0.2) is 24.0 Å². The van der Waals surface area contributed by atoms with Crippen molar-refractivity contribution in [1.29, 1.82) is 0 Å². The Balaban J connectivity index is 1.25. The van der Waals surface area contributed by atoms with Gasteiger partial charge in [-0.25, -0.2) is 0 Å². The zero-order valence-electron chi connectivity index (χ0n) is 17.3. The zero-order valence-corrected chi connectivity index (χ0v) is 18.0. The fourth-order valence-corrected chi connectivity index (χ4v) is 4.05. The second-order valence-corrected chi connectivity index (χ2v) is 8.38. The van der Waals surface area contributed by atoms with E-state index in [-0.39, 0.29) is 0 Å². The predicted molar refractivity (Wildman–Crippen MR) is 124 cm³/mol. The summed E-state index contributed by atoms with van der Waals surface area (Å²) in [6, 6.07) is 27.4. The molecule has 1 fully saturated rings. The lowest BCUT2D eigenvalue weighted by atomic mass is 10.0. The average molecular weight is 421 g/mol. The molecule has 3 aromatic rings. The molecule has 0 aliphatic carbocycles. The van der Waals surface area contributed by atoms with E-state index < -0.39 is 0 Å². The lowest BCUT2D eigenvalue weighted by molar-refractivity contribution is 0.189. The molecule has 1 saturated heterocycles. The molecule has 3 nitrogen and oxygen atoms in total. The van der Waals surface area contributed by atoms with Crippen LogP contribution in [0.3, 0.4) is 0 Å². The third-order valence-electron chi connectivity index (χ3n) is 5.70. The number of benzene rings is 3. The summed E-state index contributed by atoms with van der Waals surface area (Å²) in [5.41, 5.74) is 3.72. The number of piperidine rings is 1. The lowest BCUT2D eigenvalue weighted by Gasteiger charge is -2.32. The summed E-state index contributed by atoms with van der Waals surface area (Å²) < 4.78 is 6.10. The number of nitrogens with zero attached hydrogens (tertiary/aromatic N) is 1. The fraction of sp³-hybridized carbons (Fsp3) is 0.308. The topological polar surface area (TPSA) is 24.5 Å². The molecule has 1 aliphatic heterocycles. The van der Waals surface area contributed by atoms with E-state index in [0.717, 1.165) is 42.5 Å². The van der Waals surface area contributed by atoms with E-state index in [1.165, 1.54) is 24.0 Å². The number of rotatable bonds is 8. The SMILES string of the molecule is Clc1ccc(COc2ccccc2CNC2CCN(Cc3ccccc3)CC2)cc1. The number of nitrogens with one attached hydrogen (secondary N) is 1. The highest BCUT2D eigenvalue weighted by Gasteiger charge is 2.19. The summed E-state index contributed by atoms with van der Waals surface area (Å²) in [6.45, 7) is 4.71. The molecule has 1 heterocycles. The van der Waals surface area contributed by atoms with Crippen molar-refractivity contribution in [3.8, 4) is 5.75 Å². The van der Waals surface area contributed by atoms with E-state index in [1.54, 1.807) is 0 Å². The summed E-state index contributed by atoms with van der Waals surface area (Å²) in [4.78, 5) is 2.55. The summed E-state index contributed by atoms with van der Waals surface area (Å²) >= 11 is 5.97. The van der Waals surface area contributed by atoms with Crippen LogP contribution in [0.2, 0.25) is 5.02 Å². The van der Waals surface area contributed by atoms with Crippen molar-refractivity contribution in [2.24, 2.45) is 0 Å². The summed E-state index contributed by atoms with van der Waals surface area (Å²) in [6.07, 6.45) is 2.36. The zero-order chi connectivity index (χ0) is 20.6. The highest BCUT2D eigenvalue weighted by molar-refractivity contribution is 6.30. The van der Waals surface area contributed by atoms with E-state index in [9.17, 15) is 0 Å². The van der Waals surface area contributed by atoms with Crippen LogP contribution in [0.4, 0.5) is 0 Å². The Morgan fingerprint density at radius 3 is 2.30 bits per heavy atom. The maximum atomic E-state index is 6.10. The van der Waals surface area contributed by atoms with Gasteiger partial charge >= 0.3 is 0 Å². The van der Waals surface area contributed by atoms with E-state index in [0.29, 0.717) is 12.6 Å². The van der Waals surface area contributed by atoms with Crippen molar-refractivity contribution < 1.29 is 4.74 Å². The number of para-hydroxylation sites is 1. The van der Waals surface area contributed by atoms with E-state index in [1.807, 2.05) is 30.3 Å². The molecule has 3 aromatic carbocycles. The van der Waals surface area contributed by atoms with Gasteiger partial charge in [0, 0.05) is 29.7 Å². The summed E-state index contributed by atoms with van der Waals surface area (Å²) in [5.74, 6) is 0.946. The third kappa shape index (κ3) is 6.09. The predicted octanol–water partition coefficient (Wildman–Crippen LogP) is 5.67. The highest BCUT2D eigenvalue weighted by atomic mass is 35.5. The molecule has 0 aromatic heterocycles. The average Bonchev–Trinajstić information content (AvgIpc) is 2.79. The van der Waals surface area contributed by atoms with Crippen molar-refractivity contribution in [3.05, 3.63) is 101 Å². The Morgan fingerprint density at radius 1 is 0.833 bits per heavy atom. The van der Waals surface area contributed by atoms with Crippen molar-refractivity contribution in [3.63, 3.8) is 0 Å². The normalized spacial score (nSPS) is 15.2. The molecule has 156 valence electrons. The maximum absolute atomic E-state index is 6.10. The van der Waals surface area contributed by atoms with Crippen LogP contribution in [0, 0.1) is 0 Å². The van der Waals surface area contributed by atoms with Gasteiger partial charge < -0.3 is 10.1 Å². The van der Waals surface area contributed by atoms with Gasteiger partial charge in [-0.05, 0) is 55.3 Å². The van der Waals surface area contributed by atoms with Crippen molar-refractivity contribution in [2.45, 2.75) is 38.6 Å². The Morgan fingerprint density at radius 2 is 1.53 bits per heavy atom. The number of hydrogen-bond donors (Lipinski definition) is 1. The van der Waals surface area contributed by atoms with Gasteiger partial charge in [0.2, 0.25) is 0 Å². The molecule has 0 amide bonds. The first-order chi connectivity index (χ1) is 14.8. The molecule has 0 atom stereocenters. The van der Waals surface area contributed by atoms with Gasteiger partial charge in [-0.1, -0.05) is 72.3 Å². The number of hydrogen-bond acceptors (Lipinski definition) is 3. The van der Waals surface area contributed by atoms with Gasteiger partial charge in [0.15, 0.2) is 0 Å². The quantitative estimate of drug-likeness (QED) is 0.507. The lowest BCUT2D eigenvalue weighted by Crippen LogP contribution is -2.41. The number of likely N-dealkylation sites (tertiary alicyclic amines) is 1. The minimum absolute atomic E-state index is 0.548. The van der Waals surface area contributed by atoms with Gasteiger partial charge in [-0.15, -0.1) is 0 Å². The minimum atomic E-state index is 0.548. The van der Waals surface area contributed by atoms with Crippen LogP contribution in [0.25, 0.3) is 0 Å². The molecule has 30 heavy (non-hydrogen) atoms. The number of halogens is 1. The molecule has 0 saturated carbocycles. The Labute approximate surface area is 184 Å². The molecule has 4 heteroatoms. The van der Waals surface area contributed by atoms with Crippen molar-refractivity contribution in [2.75, 3.05) is 13.1 Å². The summed E-state index contributed by atoms with van der Waals surface area (Å²) in [5, 5.41) is 4.49. The van der Waals surface area contributed by atoms with Gasteiger partial charge in [0.25, 0.3) is 0 Å². The third-order valence-corrected chi connectivity index (χ3v) is 5.95. The Kier molecular flexibility index (Phi) is 7.41. The molecule has 0 radical (unpaired) electrons. The second kappa shape index (κ2) is 10.6. The van der Waals surface area contributed by atoms with Gasteiger partial charge in [0.1, 0.15) is 12.4 Å². The summed E-state index contributed by atoms with van der Waals surface area (Å²) in [7, 11) is 0. The van der Waals surface area contributed by atoms with Crippen LogP contribution in [0.1, 0.15) is 29.5 Å². The molecule has 0 bridgehead atoms. The van der Waals surface area contributed by atoms with Crippen LogP contribution >= 0.6 is 11.6 Å². The highest BCUT2D eigenvalue weighted by Crippen LogP contribution is 2.21. The van der Waals surface area contributed by atoms with Crippen molar-refractivity contribution in [1.82, 2.24) is 10.2 Å². The Hall–Kier alpha value is -2.33. The molecule has 0 spiro atoms. The van der Waals surface area contributed by atoms with Crippen LogP contribution in [-0.2, 0) is 19.7 Å². The van der Waals surface area contributed by atoms with E-state index in [4.69, 9.17) is 16.3 Å². The first-order valence-electron chi connectivity index (χ1n) is 10.7. The molecule has 1 N–H and O–H groups in total. The molecule has 1 aliphatic rings. The maximum Gasteiger partial charge on any atom is 0.124 e. The smallest absolute Gasteiger partial charge is 0.124 e. The van der Waals surface area contributed by atoms with Gasteiger partial charge in [-0.3, -0.25) is 4.90 Å². The molecule has 4 rings (SSSR count). The monoisotopic (exact) mass is 420 g/mol. The second-order valence-electron chi connectivity index (χ2n) is 7.94. The first-order valence-corrected chi connectivity index (χ1v) is 11.1. The molecular weight excluding hydrogens is 392 g/mol. The Bertz CT molecular complexity index is 906. The van der Waals surface area contributed by atoms with Crippen LogP contribution < -0.4 is 10.1 Å². The number of ether oxygens (including phenoxy) is 1. The van der Waals surface area contributed by atoms with Crippen LogP contribution in [0.5, 0.6) is 5.75 Å². The van der Waals surface area contributed by atoms with Gasteiger partial charge in [-0.2, -0.15) is 0 Å². The fourth-order valence-electron chi connectivity index (χ4n) is 3.92. The minimum Gasteiger partial charge on any atom is -0.489 e. The standard InChI is InChI=1S/C26H29ClN2O/c27-24-12-10-22(11-13-24)20-30-26-9-5-4-8-23(26)18-28-25-14-16-29(17-15-25)19-21-6-2-1-3-7-21/h1-13,25,28H,14-20H2. The van der Waals surface area contributed by atoms with Crippen molar-refractivity contribution >= 4 is 11.6 Å². The molecule has 0 unspecified atom stereocenters. The largest absolute Gasteiger partial charge is 0.489 e. The van der Waals surface area contributed by atoms with E-state index in [2.05, 4.69) is 58.7 Å². The molecular formula is C26H29ClN2O. The van der Waals surface area contributed by atoms with Gasteiger partial charge in [0.05, 0.1) is 0 Å². The van der Waals surface area contributed by atoms with E-state index >= 15 is 0 Å². The first kappa shape index (κ1) is 20.9.